The molecule has 0 aliphatic rings. The molecule has 0 fully saturated rings. The Morgan fingerprint density at radius 1 is 1.53 bits per heavy atom. The lowest BCUT2D eigenvalue weighted by atomic mass is 10.2. The summed E-state index contributed by atoms with van der Waals surface area (Å²) in [7, 11) is 0. The minimum Gasteiger partial charge on any atom is -0.493 e. The van der Waals surface area contributed by atoms with Crippen molar-refractivity contribution in [3.8, 4) is 5.75 Å². The number of rotatable bonds is 5. The fraction of sp³-hybridized carbons (Fsp3) is 0.364. The molecule has 0 saturated carbocycles. The van der Waals surface area contributed by atoms with Crippen LogP contribution in [0.2, 0.25) is 5.02 Å². The standard InChI is InChI=1S/C11H13ClO3/c1-8-6-9(12)2-3-11(8)15-5-4-10(14)7-13/h2-3,6,13H,4-5,7H2,1H3. The molecule has 0 aliphatic heterocycles. The summed E-state index contributed by atoms with van der Waals surface area (Å²) < 4.78 is 5.37. The van der Waals surface area contributed by atoms with Crippen molar-refractivity contribution in [3.05, 3.63) is 28.8 Å². The summed E-state index contributed by atoms with van der Waals surface area (Å²) in [6.07, 6.45) is 0.221. The highest BCUT2D eigenvalue weighted by atomic mass is 35.5. The number of aliphatic hydroxyl groups excluding tert-OH is 1. The zero-order valence-electron chi connectivity index (χ0n) is 8.50. The van der Waals surface area contributed by atoms with E-state index in [9.17, 15) is 4.79 Å². The third-order valence-corrected chi connectivity index (χ3v) is 2.19. The third kappa shape index (κ3) is 3.90. The molecule has 0 amide bonds. The van der Waals surface area contributed by atoms with Gasteiger partial charge in [-0.1, -0.05) is 11.6 Å². The number of aryl methyl sites for hydroxylation is 1. The van der Waals surface area contributed by atoms with E-state index in [0.717, 1.165) is 5.56 Å². The van der Waals surface area contributed by atoms with Gasteiger partial charge in [0.1, 0.15) is 12.4 Å². The van der Waals surface area contributed by atoms with Gasteiger partial charge >= 0.3 is 0 Å². The van der Waals surface area contributed by atoms with E-state index < -0.39 is 6.61 Å². The number of carbonyl (C=O) groups excluding carboxylic acids is 1. The Balaban J connectivity index is 2.47. The number of halogens is 1. The fourth-order valence-corrected chi connectivity index (χ4v) is 1.36. The normalized spacial score (nSPS) is 10.1. The molecule has 4 heteroatoms. The SMILES string of the molecule is Cc1cc(Cl)ccc1OCCC(=O)CO. The molecule has 3 nitrogen and oxygen atoms in total. The van der Waals surface area contributed by atoms with Crippen LogP contribution in [0.15, 0.2) is 18.2 Å². The average Bonchev–Trinajstić information content (AvgIpc) is 2.21. The molecule has 0 spiro atoms. The monoisotopic (exact) mass is 228 g/mol. The lowest BCUT2D eigenvalue weighted by Crippen LogP contribution is -2.09. The maximum absolute atomic E-state index is 10.8. The van der Waals surface area contributed by atoms with Gasteiger partial charge in [0, 0.05) is 11.4 Å². The van der Waals surface area contributed by atoms with Gasteiger partial charge in [-0.25, -0.2) is 0 Å². The molecule has 1 aromatic carbocycles. The largest absolute Gasteiger partial charge is 0.493 e. The molecule has 0 atom stereocenters. The van der Waals surface area contributed by atoms with Gasteiger partial charge in [0.25, 0.3) is 0 Å². The van der Waals surface area contributed by atoms with Crippen LogP contribution < -0.4 is 4.74 Å². The van der Waals surface area contributed by atoms with Crippen molar-refractivity contribution in [2.75, 3.05) is 13.2 Å². The average molecular weight is 229 g/mol. The summed E-state index contributed by atoms with van der Waals surface area (Å²) in [5, 5.41) is 9.16. The Morgan fingerprint density at radius 3 is 2.87 bits per heavy atom. The highest BCUT2D eigenvalue weighted by Crippen LogP contribution is 2.21. The molecule has 0 unspecified atom stereocenters. The topological polar surface area (TPSA) is 46.5 Å². The molecule has 1 aromatic rings. The number of carbonyl (C=O) groups is 1. The van der Waals surface area contributed by atoms with E-state index >= 15 is 0 Å². The molecule has 0 radical (unpaired) electrons. The maximum Gasteiger partial charge on any atom is 0.161 e. The first kappa shape index (κ1) is 12.0. The van der Waals surface area contributed by atoms with Crippen LogP contribution in [0.5, 0.6) is 5.75 Å². The number of hydrogen-bond acceptors (Lipinski definition) is 3. The molecule has 0 saturated heterocycles. The number of ketones is 1. The van der Waals surface area contributed by atoms with Gasteiger partial charge in [-0.05, 0) is 30.7 Å². The Hall–Kier alpha value is -1.06. The zero-order chi connectivity index (χ0) is 11.3. The van der Waals surface area contributed by atoms with E-state index in [0.29, 0.717) is 10.8 Å². The van der Waals surface area contributed by atoms with Gasteiger partial charge in [0.05, 0.1) is 6.61 Å². The number of aliphatic hydroxyl groups is 1. The highest BCUT2D eigenvalue weighted by molar-refractivity contribution is 6.30. The van der Waals surface area contributed by atoms with Crippen molar-refractivity contribution in [2.24, 2.45) is 0 Å². The second-order valence-electron chi connectivity index (χ2n) is 3.21. The molecule has 0 aromatic heterocycles. The second-order valence-corrected chi connectivity index (χ2v) is 3.64. The van der Waals surface area contributed by atoms with Crippen LogP contribution in [0.3, 0.4) is 0 Å². The first-order valence-corrected chi connectivity index (χ1v) is 5.03. The minimum absolute atomic E-state index is 0.221. The first-order valence-electron chi connectivity index (χ1n) is 4.65. The minimum atomic E-state index is -0.428. The molecular formula is C11H13ClO3. The van der Waals surface area contributed by atoms with E-state index in [2.05, 4.69) is 0 Å². The summed E-state index contributed by atoms with van der Waals surface area (Å²) in [5.74, 6) is 0.492. The smallest absolute Gasteiger partial charge is 0.161 e. The van der Waals surface area contributed by atoms with Gasteiger partial charge in [-0.2, -0.15) is 0 Å². The molecule has 0 aliphatic carbocycles. The van der Waals surface area contributed by atoms with E-state index in [4.69, 9.17) is 21.4 Å². The quantitative estimate of drug-likeness (QED) is 0.838. The number of benzene rings is 1. The van der Waals surface area contributed by atoms with Gasteiger partial charge in [0.2, 0.25) is 0 Å². The van der Waals surface area contributed by atoms with Gasteiger partial charge in [-0.3, -0.25) is 4.79 Å². The molecule has 0 bridgehead atoms. The van der Waals surface area contributed by atoms with Gasteiger partial charge in [0.15, 0.2) is 5.78 Å². The van der Waals surface area contributed by atoms with Crippen LogP contribution in [0.1, 0.15) is 12.0 Å². The fourth-order valence-electron chi connectivity index (χ4n) is 1.13. The van der Waals surface area contributed by atoms with Crippen molar-refractivity contribution in [3.63, 3.8) is 0 Å². The van der Waals surface area contributed by atoms with Crippen LogP contribution in [0, 0.1) is 6.92 Å². The second kappa shape index (κ2) is 5.73. The third-order valence-electron chi connectivity index (χ3n) is 1.95. The van der Waals surface area contributed by atoms with Crippen LogP contribution in [-0.2, 0) is 4.79 Å². The van der Waals surface area contributed by atoms with Crippen molar-refractivity contribution >= 4 is 17.4 Å². The Morgan fingerprint density at radius 2 is 2.27 bits per heavy atom. The molecular weight excluding hydrogens is 216 g/mol. The van der Waals surface area contributed by atoms with Crippen LogP contribution >= 0.6 is 11.6 Å². The Labute approximate surface area is 93.6 Å². The number of Topliss-reactive ketones (excluding diaryl/α,β-unsaturated/α-hetero) is 1. The number of ether oxygens (including phenoxy) is 1. The lowest BCUT2D eigenvalue weighted by Gasteiger charge is -2.08. The highest BCUT2D eigenvalue weighted by Gasteiger charge is 2.02. The Kier molecular flexibility index (Phi) is 4.59. The van der Waals surface area contributed by atoms with Crippen LogP contribution in [0.4, 0.5) is 0 Å². The molecule has 82 valence electrons. The van der Waals surface area contributed by atoms with E-state index in [1.807, 2.05) is 6.92 Å². The Bertz CT molecular complexity index is 350. The summed E-state index contributed by atoms with van der Waals surface area (Å²) in [6, 6.07) is 5.30. The van der Waals surface area contributed by atoms with Gasteiger partial charge in [-0.15, -0.1) is 0 Å². The van der Waals surface area contributed by atoms with E-state index in [1.165, 1.54) is 0 Å². The summed E-state index contributed by atoms with van der Waals surface area (Å²) in [5.41, 5.74) is 0.930. The van der Waals surface area contributed by atoms with Crippen molar-refractivity contribution in [2.45, 2.75) is 13.3 Å². The molecule has 1 N–H and O–H groups in total. The maximum atomic E-state index is 10.8. The molecule has 0 heterocycles. The molecule has 15 heavy (non-hydrogen) atoms. The summed E-state index contributed by atoms with van der Waals surface area (Å²) >= 11 is 5.78. The van der Waals surface area contributed by atoms with E-state index in [-0.39, 0.29) is 18.8 Å². The number of hydrogen-bond donors (Lipinski definition) is 1. The van der Waals surface area contributed by atoms with Crippen LogP contribution in [0.25, 0.3) is 0 Å². The predicted octanol–water partition coefficient (Wildman–Crippen LogP) is 1.98. The predicted molar refractivity (Wildman–Crippen MR) is 58.4 cm³/mol. The van der Waals surface area contributed by atoms with E-state index in [1.54, 1.807) is 18.2 Å². The van der Waals surface area contributed by atoms with Crippen LogP contribution in [-0.4, -0.2) is 24.1 Å². The molecule has 1 rings (SSSR count). The first-order chi connectivity index (χ1) is 7.13. The van der Waals surface area contributed by atoms with Crippen molar-refractivity contribution < 1.29 is 14.6 Å². The summed E-state index contributed by atoms with van der Waals surface area (Å²) in [4.78, 5) is 10.8. The van der Waals surface area contributed by atoms with Crippen molar-refractivity contribution in [1.82, 2.24) is 0 Å². The summed E-state index contributed by atoms with van der Waals surface area (Å²) in [6.45, 7) is 1.74. The van der Waals surface area contributed by atoms with Crippen molar-refractivity contribution in [1.29, 1.82) is 0 Å². The van der Waals surface area contributed by atoms with Gasteiger partial charge < -0.3 is 9.84 Å². The lowest BCUT2D eigenvalue weighted by molar-refractivity contribution is -0.122. The zero-order valence-corrected chi connectivity index (χ0v) is 9.25.